The summed E-state index contributed by atoms with van der Waals surface area (Å²) in [6.45, 7) is 6.52. The Balaban J connectivity index is 1.09. The number of aryl methyl sites for hydroxylation is 1. The molecule has 6 rings (SSSR count). The molecule has 0 aliphatic carbocycles. The Morgan fingerprint density at radius 2 is 1.86 bits per heavy atom. The number of imidazole rings is 1. The number of piperidine rings is 1. The Morgan fingerprint density at radius 1 is 1.06 bits per heavy atom. The normalized spacial score (nSPS) is 17.1. The van der Waals surface area contributed by atoms with Gasteiger partial charge in [-0.15, -0.1) is 5.10 Å². The highest BCUT2D eigenvalue weighted by atomic mass is 19.1. The maximum Gasteiger partial charge on any atom is 0.257 e. The molecule has 1 N–H and O–H groups in total. The number of unbranched alkanes of at least 4 members (excludes halogenated alkanes) is 2. The van der Waals surface area contributed by atoms with Crippen LogP contribution in [0, 0.1) is 5.82 Å². The zero-order chi connectivity index (χ0) is 34.2. The molecular weight excluding hydrogens is 619 g/mol. The highest BCUT2D eigenvalue weighted by molar-refractivity contribution is 5.97. The minimum Gasteiger partial charge on any atom is -0.496 e. The number of aromatic nitrogens is 2. The van der Waals surface area contributed by atoms with E-state index in [9.17, 15) is 9.18 Å². The minimum absolute atomic E-state index is 0.0263. The first kappa shape index (κ1) is 34.2. The van der Waals surface area contributed by atoms with E-state index >= 15 is 0 Å². The molecule has 49 heavy (non-hydrogen) atoms. The highest BCUT2D eigenvalue weighted by Crippen LogP contribution is 2.30. The van der Waals surface area contributed by atoms with Gasteiger partial charge >= 0.3 is 0 Å². The summed E-state index contributed by atoms with van der Waals surface area (Å²) in [7, 11) is 3.38. The molecule has 0 saturated carbocycles. The maximum absolute atomic E-state index is 13.9. The summed E-state index contributed by atoms with van der Waals surface area (Å²) < 4.78 is 21.8. The van der Waals surface area contributed by atoms with Crippen LogP contribution in [0.5, 0.6) is 5.75 Å². The number of para-hydroxylation sites is 2. The predicted molar refractivity (Wildman–Crippen MR) is 192 cm³/mol. The second kappa shape index (κ2) is 16.2. The average molecular weight is 667 g/mol. The number of anilines is 1. The zero-order valence-electron chi connectivity index (χ0n) is 28.8. The van der Waals surface area contributed by atoms with Crippen LogP contribution < -0.4 is 10.1 Å². The van der Waals surface area contributed by atoms with Crippen LogP contribution in [0.2, 0.25) is 0 Å². The second-order valence-electron chi connectivity index (χ2n) is 13.1. The smallest absolute Gasteiger partial charge is 0.257 e. The van der Waals surface area contributed by atoms with Gasteiger partial charge in [-0.25, -0.2) is 9.37 Å². The van der Waals surface area contributed by atoms with Gasteiger partial charge in [0.15, 0.2) is 0 Å². The van der Waals surface area contributed by atoms with Crippen molar-refractivity contribution < 1.29 is 13.9 Å². The van der Waals surface area contributed by atoms with E-state index in [0.29, 0.717) is 23.9 Å². The fraction of sp³-hybridized carbons (Fsp3) is 0.447. The number of likely N-dealkylation sites (tertiary alicyclic amines) is 1. The molecule has 0 bridgehead atoms. The quantitative estimate of drug-likeness (QED) is 0.131. The summed E-state index contributed by atoms with van der Waals surface area (Å²) in [5.74, 6) is 1.08. The summed E-state index contributed by atoms with van der Waals surface area (Å²) in [6, 6.07) is 20.6. The zero-order valence-corrected chi connectivity index (χ0v) is 28.8. The minimum atomic E-state index is -0.318. The number of hydrogen-bond acceptors (Lipinski definition) is 8. The van der Waals surface area contributed by atoms with Gasteiger partial charge in [0.1, 0.15) is 17.6 Å². The van der Waals surface area contributed by atoms with Crippen LogP contribution in [-0.4, -0.2) is 77.9 Å². The molecular formula is C38H47FN8O2. The lowest BCUT2D eigenvalue weighted by atomic mass is 9.93. The number of likely N-dealkylation sites (N-methyl/N-ethyl adjacent to an activating group) is 1. The van der Waals surface area contributed by atoms with Crippen LogP contribution >= 0.6 is 0 Å². The Labute approximate surface area is 288 Å². The number of methoxy groups -OCH3 is 1. The topological polar surface area (TPSA) is 99.7 Å². The van der Waals surface area contributed by atoms with Gasteiger partial charge in [0, 0.05) is 45.2 Å². The van der Waals surface area contributed by atoms with E-state index in [4.69, 9.17) is 9.72 Å². The van der Waals surface area contributed by atoms with E-state index in [2.05, 4.69) is 61.4 Å². The molecule has 1 saturated heterocycles. The fourth-order valence-electron chi connectivity index (χ4n) is 6.91. The Morgan fingerprint density at radius 3 is 2.59 bits per heavy atom. The molecule has 2 unspecified atom stereocenters. The molecule has 0 radical (unpaired) electrons. The van der Waals surface area contributed by atoms with Crippen LogP contribution in [0.3, 0.4) is 0 Å². The molecule has 1 fully saturated rings. The van der Waals surface area contributed by atoms with Crippen LogP contribution in [0.4, 0.5) is 10.3 Å². The molecule has 1 aromatic heterocycles. The SMILES string of the molecule is CCCCCn1c(NC2CCN(CCC(CN(C)C(=O)c3cc(C4C=NN=N4)ccc3OC)c3ccc(F)cc3)CC2)nc2ccccc21. The first-order valence-corrected chi connectivity index (χ1v) is 17.5. The number of fused-ring (bicyclic) bond motifs is 1. The number of rotatable bonds is 15. The number of nitrogens with zero attached hydrogens (tertiary/aromatic N) is 7. The third-order valence-electron chi connectivity index (χ3n) is 9.77. The molecule has 4 aromatic rings. The van der Waals surface area contributed by atoms with Crippen LogP contribution in [0.25, 0.3) is 11.0 Å². The van der Waals surface area contributed by atoms with Crippen LogP contribution in [0.1, 0.15) is 78.9 Å². The second-order valence-corrected chi connectivity index (χ2v) is 13.1. The van der Waals surface area contributed by atoms with E-state index in [1.54, 1.807) is 24.3 Å². The van der Waals surface area contributed by atoms with Gasteiger partial charge in [-0.1, -0.05) is 50.1 Å². The number of carbonyl (C=O) groups is 1. The van der Waals surface area contributed by atoms with E-state index in [1.165, 1.54) is 30.5 Å². The molecule has 3 aromatic carbocycles. The molecule has 2 aliphatic heterocycles. The first-order chi connectivity index (χ1) is 23.9. The largest absolute Gasteiger partial charge is 0.496 e. The summed E-state index contributed by atoms with van der Waals surface area (Å²) in [5.41, 5.74) is 4.53. The molecule has 10 nitrogen and oxygen atoms in total. The predicted octanol–water partition coefficient (Wildman–Crippen LogP) is 7.69. The average Bonchev–Trinajstić information content (AvgIpc) is 3.79. The Bertz CT molecular complexity index is 1750. The molecule has 2 aliphatic rings. The third-order valence-corrected chi connectivity index (χ3v) is 9.77. The van der Waals surface area contributed by atoms with E-state index in [1.807, 2.05) is 31.3 Å². The van der Waals surface area contributed by atoms with Gasteiger partial charge in [0.25, 0.3) is 5.91 Å². The lowest BCUT2D eigenvalue weighted by Crippen LogP contribution is -2.40. The number of carbonyl (C=O) groups excluding carboxylic acids is 1. The number of nitrogens with one attached hydrogen (secondary N) is 1. The number of halogens is 1. The molecule has 0 spiro atoms. The van der Waals surface area contributed by atoms with E-state index < -0.39 is 0 Å². The summed E-state index contributed by atoms with van der Waals surface area (Å²) in [6.07, 6.45) is 8.08. The van der Waals surface area contributed by atoms with Crippen molar-refractivity contribution >= 4 is 29.1 Å². The summed E-state index contributed by atoms with van der Waals surface area (Å²) in [5, 5.41) is 15.5. The fourth-order valence-corrected chi connectivity index (χ4v) is 6.91. The van der Waals surface area contributed by atoms with Gasteiger partial charge < -0.3 is 24.4 Å². The van der Waals surface area contributed by atoms with Crippen molar-refractivity contribution in [2.24, 2.45) is 15.4 Å². The van der Waals surface area contributed by atoms with Gasteiger partial charge in [0.2, 0.25) is 5.95 Å². The first-order valence-electron chi connectivity index (χ1n) is 17.5. The number of benzene rings is 3. The van der Waals surface area contributed by atoms with Gasteiger partial charge in [-0.3, -0.25) is 4.79 Å². The van der Waals surface area contributed by atoms with Crippen LogP contribution in [0.15, 0.2) is 82.2 Å². The Hall–Kier alpha value is -4.64. The molecule has 258 valence electrons. The van der Waals surface area contributed by atoms with Crippen molar-refractivity contribution in [3.8, 4) is 5.75 Å². The van der Waals surface area contributed by atoms with Gasteiger partial charge in [-0.2, -0.15) is 5.11 Å². The van der Waals surface area contributed by atoms with E-state index in [0.717, 1.165) is 74.5 Å². The molecule has 11 heteroatoms. The summed E-state index contributed by atoms with van der Waals surface area (Å²) in [4.78, 5) is 23.0. The van der Waals surface area contributed by atoms with E-state index in [-0.39, 0.29) is 23.7 Å². The van der Waals surface area contributed by atoms with Crippen molar-refractivity contribution in [3.63, 3.8) is 0 Å². The highest BCUT2D eigenvalue weighted by Gasteiger charge is 2.26. The van der Waals surface area contributed by atoms with Crippen molar-refractivity contribution in [3.05, 3.63) is 89.2 Å². The molecule has 2 atom stereocenters. The van der Waals surface area contributed by atoms with Gasteiger partial charge in [0.05, 0.1) is 29.9 Å². The summed E-state index contributed by atoms with van der Waals surface area (Å²) >= 11 is 0. The van der Waals surface area contributed by atoms with Crippen molar-refractivity contribution in [2.45, 2.75) is 70.0 Å². The van der Waals surface area contributed by atoms with Crippen molar-refractivity contribution in [2.75, 3.05) is 45.7 Å². The van der Waals surface area contributed by atoms with Crippen molar-refractivity contribution in [1.82, 2.24) is 19.4 Å². The molecule has 3 heterocycles. The molecule has 1 amide bonds. The monoisotopic (exact) mass is 666 g/mol. The maximum atomic E-state index is 13.9. The van der Waals surface area contributed by atoms with Crippen LogP contribution in [-0.2, 0) is 6.54 Å². The number of hydrogen-bond donors (Lipinski definition) is 1. The van der Waals surface area contributed by atoms with Crippen molar-refractivity contribution in [1.29, 1.82) is 0 Å². The van der Waals surface area contributed by atoms with Gasteiger partial charge in [-0.05, 0) is 85.0 Å². The number of amides is 1. The number of ether oxygens (including phenoxy) is 1. The Kier molecular flexibility index (Phi) is 11.3. The lowest BCUT2D eigenvalue weighted by molar-refractivity contribution is 0.0778. The lowest BCUT2D eigenvalue weighted by Gasteiger charge is -2.34. The third kappa shape index (κ3) is 8.33. The standard InChI is InChI=1S/C38H47FN8O2/c1-4-5-8-20-47-35-10-7-6-9-33(35)42-38(47)41-31-18-22-46(23-19-31)21-17-29(27-11-14-30(39)15-12-27)26-45(2)37(48)32-24-28(13-16-36(32)49-3)34-25-40-44-43-34/h6-7,9-16,24-25,29,31,34H,4-5,8,17-23,26H2,1-3H3,(H,41,42).